The summed E-state index contributed by atoms with van der Waals surface area (Å²) in [7, 11) is -3.25. The van der Waals surface area contributed by atoms with E-state index in [4.69, 9.17) is 5.73 Å². The van der Waals surface area contributed by atoms with Gasteiger partial charge in [-0.05, 0) is 55.7 Å². The van der Waals surface area contributed by atoms with Gasteiger partial charge < -0.3 is 11.1 Å². The summed E-state index contributed by atoms with van der Waals surface area (Å²) in [6.45, 7) is 2.82. The first-order valence-corrected chi connectivity index (χ1v) is 9.81. The number of fused-ring (bicyclic) bond motifs is 1. The zero-order valence-electron chi connectivity index (χ0n) is 12.6. The monoisotopic (exact) mass is 375 g/mol. The molecule has 1 aromatic carbocycles. The molecule has 9 heteroatoms. The lowest BCUT2D eigenvalue weighted by Crippen LogP contribution is -2.35. The molecule has 1 aromatic heterocycles. The van der Waals surface area contributed by atoms with Crippen LogP contribution in [0.3, 0.4) is 0 Å². The average molecular weight is 376 g/mol. The third-order valence-electron chi connectivity index (χ3n) is 3.43. The Kier molecular flexibility index (Phi) is 5.96. The zero-order chi connectivity index (χ0) is 17.0. The van der Waals surface area contributed by atoms with E-state index in [2.05, 4.69) is 21.9 Å². The molecule has 1 aliphatic rings. The van der Waals surface area contributed by atoms with Crippen LogP contribution in [0.1, 0.15) is 19.8 Å². The Morgan fingerprint density at radius 1 is 1.39 bits per heavy atom. The number of carbonyl (C=O) groups excluding carboxylic acids is 1. The highest BCUT2D eigenvalue weighted by Gasteiger charge is 2.29. The van der Waals surface area contributed by atoms with Crippen molar-refractivity contribution in [3.8, 4) is 0 Å². The Bertz CT molecular complexity index is 795. The van der Waals surface area contributed by atoms with Gasteiger partial charge in [0.25, 0.3) is 0 Å². The molecule has 2 aromatic rings. The van der Waals surface area contributed by atoms with Gasteiger partial charge in [-0.25, -0.2) is 13.4 Å². The number of nitrogens with zero attached hydrogens (tertiary/aromatic N) is 1. The second-order valence-corrected chi connectivity index (χ2v) is 8.97. The first-order valence-electron chi connectivity index (χ1n) is 7.07. The van der Waals surface area contributed by atoms with Crippen LogP contribution < -0.4 is 11.1 Å². The molecule has 0 spiro atoms. The number of aromatic nitrogens is 1. The van der Waals surface area contributed by atoms with E-state index >= 15 is 0 Å². The Morgan fingerprint density at radius 2 is 2.00 bits per heavy atom. The van der Waals surface area contributed by atoms with Crippen molar-refractivity contribution in [1.29, 1.82) is 0 Å². The number of nitrogens with one attached hydrogen (secondary N) is 1. The summed E-state index contributed by atoms with van der Waals surface area (Å²) in [5, 5.41) is 3.00. The van der Waals surface area contributed by atoms with E-state index in [1.54, 1.807) is 18.2 Å². The highest BCUT2D eigenvalue weighted by Crippen LogP contribution is 2.29. The van der Waals surface area contributed by atoms with Crippen LogP contribution in [0.4, 0.5) is 5.13 Å². The van der Waals surface area contributed by atoms with Crippen LogP contribution in [0.25, 0.3) is 10.2 Å². The number of nitrogens with two attached hydrogens (primary N) is 1. The van der Waals surface area contributed by atoms with E-state index < -0.39 is 9.84 Å². The number of halogens is 1. The standard InChI is InChI=1S/C12H15N3O2S2.C2H3ClO/c13-12-15-10-2-1-9(7-11(10)18-12)19(16,17)8-3-5-14-6-4-8;1-2(3)4/h1-2,7-8,14H,3-6H2,(H2,13,15);1H3. The summed E-state index contributed by atoms with van der Waals surface area (Å²) in [5.74, 6) is 0. The maximum Gasteiger partial charge on any atom is 0.218 e. The van der Waals surface area contributed by atoms with Crippen molar-refractivity contribution < 1.29 is 13.2 Å². The Labute approximate surface area is 144 Å². The summed E-state index contributed by atoms with van der Waals surface area (Å²) >= 11 is 5.95. The largest absolute Gasteiger partial charge is 0.375 e. The van der Waals surface area contributed by atoms with Crippen LogP contribution in [0, 0.1) is 0 Å². The van der Waals surface area contributed by atoms with Crippen LogP contribution >= 0.6 is 22.9 Å². The van der Waals surface area contributed by atoms with Gasteiger partial charge in [-0.1, -0.05) is 11.3 Å². The number of carbonyl (C=O) groups is 1. The predicted octanol–water partition coefficient (Wildman–Crippen LogP) is 2.18. The van der Waals surface area contributed by atoms with Crippen molar-refractivity contribution in [2.75, 3.05) is 18.8 Å². The van der Waals surface area contributed by atoms with E-state index in [0.717, 1.165) is 23.3 Å². The Balaban J connectivity index is 0.000000433. The van der Waals surface area contributed by atoms with Crippen molar-refractivity contribution in [3.05, 3.63) is 18.2 Å². The van der Waals surface area contributed by atoms with E-state index in [0.29, 0.717) is 22.9 Å². The second kappa shape index (κ2) is 7.57. The number of sulfone groups is 1. The topological polar surface area (TPSA) is 102 Å². The lowest BCUT2D eigenvalue weighted by Gasteiger charge is -2.22. The number of rotatable bonds is 2. The molecule has 2 heterocycles. The molecule has 1 saturated heterocycles. The third kappa shape index (κ3) is 4.63. The van der Waals surface area contributed by atoms with Gasteiger partial charge in [0.2, 0.25) is 5.24 Å². The van der Waals surface area contributed by atoms with Gasteiger partial charge in [0.05, 0.1) is 20.4 Å². The number of anilines is 1. The van der Waals surface area contributed by atoms with Gasteiger partial charge in [0.15, 0.2) is 15.0 Å². The van der Waals surface area contributed by atoms with Gasteiger partial charge in [0.1, 0.15) is 0 Å². The normalized spacial score (nSPS) is 15.9. The van der Waals surface area contributed by atoms with Gasteiger partial charge in [-0.15, -0.1) is 0 Å². The molecule has 23 heavy (non-hydrogen) atoms. The maximum absolute atomic E-state index is 12.6. The van der Waals surface area contributed by atoms with Crippen LogP contribution in [0.5, 0.6) is 0 Å². The predicted molar refractivity (Wildman–Crippen MR) is 93.6 cm³/mol. The molecule has 1 aliphatic heterocycles. The van der Waals surface area contributed by atoms with Crippen molar-refractivity contribution in [2.24, 2.45) is 0 Å². The lowest BCUT2D eigenvalue weighted by molar-refractivity contribution is -0.109. The minimum absolute atomic E-state index is 0.281. The molecule has 126 valence electrons. The lowest BCUT2D eigenvalue weighted by atomic mass is 10.2. The van der Waals surface area contributed by atoms with Gasteiger partial charge >= 0.3 is 0 Å². The molecule has 6 nitrogen and oxygen atoms in total. The summed E-state index contributed by atoms with van der Waals surface area (Å²) < 4.78 is 26.0. The van der Waals surface area contributed by atoms with Crippen molar-refractivity contribution in [2.45, 2.75) is 29.9 Å². The minimum Gasteiger partial charge on any atom is -0.375 e. The highest BCUT2D eigenvalue weighted by atomic mass is 35.5. The van der Waals surface area contributed by atoms with Crippen LogP contribution in [0.15, 0.2) is 23.1 Å². The minimum atomic E-state index is -3.25. The van der Waals surface area contributed by atoms with Crippen molar-refractivity contribution >= 4 is 53.4 Å². The smallest absolute Gasteiger partial charge is 0.218 e. The van der Waals surface area contributed by atoms with E-state index in [9.17, 15) is 13.2 Å². The highest BCUT2D eigenvalue weighted by molar-refractivity contribution is 7.92. The quantitative estimate of drug-likeness (QED) is 0.780. The number of thiazole rings is 1. The molecular formula is C14H18ClN3O3S2. The van der Waals surface area contributed by atoms with Crippen LogP contribution in [0.2, 0.25) is 0 Å². The number of nitrogen functional groups attached to an aromatic ring is 1. The zero-order valence-corrected chi connectivity index (χ0v) is 15.0. The van der Waals surface area contributed by atoms with Gasteiger partial charge in [-0.3, -0.25) is 4.79 Å². The van der Waals surface area contributed by atoms with E-state index in [1.165, 1.54) is 18.3 Å². The van der Waals surface area contributed by atoms with Crippen molar-refractivity contribution in [3.63, 3.8) is 0 Å². The molecule has 1 fully saturated rings. The molecular weight excluding hydrogens is 358 g/mol. The molecule has 3 N–H and O–H groups in total. The first kappa shape index (κ1) is 18.1. The summed E-state index contributed by atoms with van der Waals surface area (Å²) in [5.41, 5.74) is 6.40. The number of piperidine rings is 1. The molecule has 0 aliphatic carbocycles. The molecule has 0 amide bonds. The average Bonchev–Trinajstić information content (AvgIpc) is 2.86. The van der Waals surface area contributed by atoms with Gasteiger partial charge in [-0.2, -0.15) is 0 Å². The van der Waals surface area contributed by atoms with E-state index in [1.807, 2.05) is 0 Å². The SMILES string of the molecule is CC(=O)Cl.Nc1nc2ccc(S(=O)(=O)C3CCNCC3)cc2s1. The van der Waals surface area contributed by atoms with Crippen LogP contribution in [-0.4, -0.2) is 37.0 Å². The molecule has 0 saturated carbocycles. The van der Waals surface area contributed by atoms with E-state index in [-0.39, 0.29) is 10.5 Å². The second-order valence-electron chi connectivity index (χ2n) is 5.15. The summed E-state index contributed by atoms with van der Waals surface area (Å²) in [6, 6.07) is 5.07. The maximum atomic E-state index is 12.6. The molecule has 3 rings (SSSR count). The number of hydrogen-bond donors (Lipinski definition) is 2. The number of benzene rings is 1. The third-order valence-corrected chi connectivity index (χ3v) is 6.54. The molecule has 0 unspecified atom stereocenters. The fourth-order valence-corrected chi connectivity index (χ4v) is 5.03. The Morgan fingerprint density at radius 3 is 2.61 bits per heavy atom. The molecule has 0 atom stereocenters. The Hall–Kier alpha value is -1.22. The first-order chi connectivity index (χ1) is 10.8. The summed E-state index contributed by atoms with van der Waals surface area (Å²) in [4.78, 5) is 13.7. The van der Waals surface area contributed by atoms with Crippen molar-refractivity contribution in [1.82, 2.24) is 10.3 Å². The molecule has 0 radical (unpaired) electrons. The van der Waals surface area contributed by atoms with Crippen LogP contribution in [-0.2, 0) is 14.6 Å². The molecule has 0 bridgehead atoms. The fourth-order valence-electron chi connectivity index (χ4n) is 2.40. The number of hydrogen-bond acceptors (Lipinski definition) is 7. The summed E-state index contributed by atoms with van der Waals surface area (Å²) in [6.07, 6.45) is 1.34. The fraction of sp³-hybridized carbons (Fsp3) is 0.429. The van der Waals surface area contributed by atoms with Gasteiger partial charge in [0, 0.05) is 6.92 Å².